The van der Waals surface area contributed by atoms with Gasteiger partial charge in [0.2, 0.25) is 0 Å². The predicted octanol–water partition coefficient (Wildman–Crippen LogP) is 0.562. The average molecular weight is 315 g/mol. The van der Waals surface area contributed by atoms with E-state index in [1.54, 1.807) is 15.9 Å². The van der Waals surface area contributed by atoms with E-state index in [4.69, 9.17) is 0 Å². The molecule has 1 aromatic rings. The minimum atomic E-state index is -3.50. The van der Waals surface area contributed by atoms with E-state index in [1.807, 2.05) is 0 Å². The third kappa shape index (κ3) is 5.06. The summed E-state index contributed by atoms with van der Waals surface area (Å²) in [4.78, 5) is 2.86. The van der Waals surface area contributed by atoms with Crippen LogP contribution >= 0.6 is 0 Å². The lowest BCUT2D eigenvalue weighted by molar-refractivity contribution is 0.200. The standard InChI is InChI=1S/C13H25N5O2S/c1-2-6-14-7-10-18-12-13(11-15-18)21(19,20)16-17-8-4-3-5-9-17/h11-12,14,16H,2-10H2,1H3. The maximum Gasteiger partial charge on any atom is 0.256 e. The van der Waals surface area contributed by atoms with Crippen LogP contribution in [0.4, 0.5) is 0 Å². The van der Waals surface area contributed by atoms with Crippen molar-refractivity contribution in [2.24, 2.45) is 0 Å². The Kier molecular flexibility index (Phi) is 6.16. The molecule has 21 heavy (non-hydrogen) atoms. The molecule has 8 heteroatoms. The molecule has 1 aromatic heterocycles. The summed E-state index contributed by atoms with van der Waals surface area (Å²) in [6.45, 7) is 6.07. The molecule has 0 spiro atoms. The molecular formula is C13H25N5O2S. The molecule has 0 aromatic carbocycles. The molecule has 1 saturated heterocycles. The minimum absolute atomic E-state index is 0.226. The van der Waals surface area contributed by atoms with E-state index in [0.29, 0.717) is 6.54 Å². The van der Waals surface area contributed by atoms with Gasteiger partial charge in [0.25, 0.3) is 10.0 Å². The monoisotopic (exact) mass is 315 g/mol. The van der Waals surface area contributed by atoms with Gasteiger partial charge in [-0.3, -0.25) is 4.68 Å². The summed E-state index contributed by atoms with van der Waals surface area (Å²) in [6.07, 6.45) is 7.31. The second-order valence-electron chi connectivity index (χ2n) is 5.33. The van der Waals surface area contributed by atoms with Gasteiger partial charge in [-0.15, -0.1) is 4.83 Å². The van der Waals surface area contributed by atoms with Gasteiger partial charge >= 0.3 is 0 Å². The number of sulfonamides is 1. The van der Waals surface area contributed by atoms with Gasteiger partial charge in [-0.25, -0.2) is 13.4 Å². The van der Waals surface area contributed by atoms with E-state index >= 15 is 0 Å². The van der Waals surface area contributed by atoms with Gasteiger partial charge in [-0.05, 0) is 25.8 Å². The highest BCUT2D eigenvalue weighted by Gasteiger charge is 2.21. The van der Waals surface area contributed by atoms with E-state index in [-0.39, 0.29) is 4.90 Å². The molecule has 0 atom stereocenters. The molecule has 0 aliphatic carbocycles. The van der Waals surface area contributed by atoms with Gasteiger partial charge in [0.05, 0.1) is 12.7 Å². The minimum Gasteiger partial charge on any atom is -0.315 e. The molecule has 0 saturated carbocycles. The zero-order valence-electron chi connectivity index (χ0n) is 12.6. The van der Waals surface area contributed by atoms with Gasteiger partial charge < -0.3 is 5.32 Å². The number of nitrogens with zero attached hydrogens (tertiary/aromatic N) is 3. The quantitative estimate of drug-likeness (QED) is 0.685. The summed E-state index contributed by atoms with van der Waals surface area (Å²) < 4.78 is 26.2. The zero-order valence-corrected chi connectivity index (χ0v) is 13.4. The first kappa shape index (κ1) is 16.4. The summed E-state index contributed by atoms with van der Waals surface area (Å²) >= 11 is 0. The van der Waals surface area contributed by atoms with Crippen molar-refractivity contribution in [2.45, 2.75) is 44.0 Å². The first-order chi connectivity index (χ1) is 10.1. The molecule has 0 bridgehead atoms. The smallest absolute Gasteiger partial charge is 0.256 e. The molecule has 2 rings (SSSR count). The number of aromatic nitrogens is 2. The van der Waals surface area contributed by atoms with Crippen LogP contribution in [0, 0.1) is 0 Å². The van der Waals surface area contributed by atoms with Crippen LogP contribution in [-0.2, 0) is 16.6 Å². The fourth-order valence-electron chi connectivity index (χ4n) is 2.31. The summed E-state index contributed by atoms with van der Waals surface area (Å²) in [5.74, 6) is 0. The first-order valence-corrected chi connectivity index (χ1v) is 9.10. The second-order valence-corrected chi connectivity index (χ2v) is 6.99. The normalized spacial score (nSPS) is 17.2. The second kappa shape index (κ2) is 7.88. The fraction of sp³-hybridized carbons (Fsp3) is 0.769. The first-order valence-electron chi connectivity index (χ1n) is 7.62. The van der Waals surface area contributed by atoms with Crippen LogP contribution < -0.4 is 10.1 Å². The Morgan fingerprint density at radius 3 is 2.71 bits per heavy atom. The van der Waals surface area contributed by atoms with E-state index in [0.717, 1.165) is 45.4 Å². The molecule has 0 unspecified atom stereocenters. The van der Waals surface area contributed by atoms with Crippen molar-refractivity contribution in [1.29, 1.82) is 0 Å². The molecule has 2 heterocycles. The molecule has 0 radical (unpaired) electrons. The third-order valence-corrected chi connectivity index (χ3v) is 4.80. The van der Waals surface area contributed by atoms with Crippen LogP contribution in [0.1, 0.15) is 32.6 Å². The van der Waals surface area contributed by atoms with Crippen LogP contribution in [0.5, 0.6) is 0 Å². The SMILES string of the molecule is CCCNCCn1cc(S(=O)(=O)NN2CCCCC2)cn1. The van der Waals surface area contributed by atoms with Crippen molar-refractivity contribution in [3.05, 3.63) is 12.4 Å². The molecule has 7 nitrogen and oxygen atoms in total. The average Bonchev–Trinajstić information content (AvgIpc) is 2.94. The van der Waals surface area contributed by atoms with Gasteiger partial charge in [0, 0.05) is 25.8 Å². The summed E-state index contributed by atoms with van der Waals surface area (Å²) in [7, 11) is -3.50. The zero-order chi connectivity index (χ0) is 15.1. The summed E-state index contributed by atoms with van der Waals surface area (Å²) in [6, 6.07) is 0. The number of piperidine rings is 1. The Morgan fingerprint density at radius 2 is 2.00 bits per heavy atom. The Hall–Kier alpha value is -0.960. The Morgan fingerprint density at radius 1 is 1.24 bits per heavy atom. The topological polar surface area (TPSA) is 79.3 Å². The lowest BCUT2D eigenvalue weighted by Crippen LogP contribution is -2.44. The van der Waals surface area contributed by atoms with Crippen LogP contribution in [0.3, 0.4) is 0 Å². The molecular weight excluding hydrogens is 290 g/mol. The van der Waals surface area contributed by atoms with Crippen molar-refractivity contribution in [2.75, 3.05) is 26.2 Å². The number of rotatable bonds is 8. The number of nitrogens with one attached hydrogen (secondary N) is 2. The van der Waals surface area contributed by atoms with Crippen molar-refractivity contribution >= 4 is 10.0 Å². The van der Waals surface area contributed by atoms with Crippen LogP contribution in [0.15, 0.2) is 17.3 Å². The fourth-order valence-corrected chi connectivity index (χ4v) is 3.38. The molecule has 2 N–H and O–H groups in total. The highest BCUT2D eigenvalue weighted by atomic mass is 32.2. The van der Waals surface area contributed by atoms with Gasteiger partial charge in [-0.2, -0.15) is 5.10 Å². The molecule has 1 aliphatic heterocycles. The van der Waals surface area contributed by atoms with Gasteiger partial charge in [0.15, 0.2) is 0 Å². The van der Waals surface area contributed by atoms with Crippen molar-refractivity contribution < 1.29 is 8.42 Å². The lowest BCUT2D eigenvalue weighted by atomic mass is 10.2. The molecule has 1 fully saturated rings. The maximum absolute atomic E-state index is 12.3. The maximum atomic E-state index is 12.3. The van der Waals surface area contributed by atoms with Crippen LogP contribution in [0.2, 0.25) is 0 Å². The Balaban J connectivity index is 1.89. The number of hydrogen-bond donors (Lipinski definition) is 2. The summed E-state index contributed by atoms with van der Waals surface area (Å²) in [5.41, 5.74) is 0. The van der Waals surface area contributed by atoms with Crippen molar-refractivity contribution in [1.82, 2.24) is 24.9 Å². The van der Waals surface area contributed by atoms with E-state index < -0.39 is 10.0 Å². The highest BCUT2D eigenvalue weighted by Crippen LogP contribution is 2.11. The van der Waals surface area contributed by atoms with E-state index in [9.17, 15) is 8.42 Å². The molecule has 0 amide bonds. The highest BCUT2D eigenvalue weighted by molar-refractivity contribution is 7.89. The predicted molar refractivity (Wildman–Crippen MR) is 81.1 cm³/mol. The lowest BCUT2D eigenvalue weighted by Gasteiger charge is -2.26. The van der Waals surface area contributed by atoms with Gasteiger partial charge in [0.1, 0.15) is 4.90 Å². The van der Waals surface area contributed by atoms with E-state index in [1.165, 1.54) is 12.6 Å². The van der Waals surface area contributed by atoms with Crippen LogP contribution in [0.25, 0.3) is 0 Å². The van der Waals surface area contributed by atoms with E-state index in [2.05, 4.69) is 22.2 Å². The largest absolute Gasteiger partial charge is 0.315 e. The Labute approximate surface area is 126 Å². The van der Waals surface area contributed by atoms with Crippen molar-refractivity contribution in [3.63, 3.8) is 0 Å². The van der Waals surface area contributed by atoms with Crippen molar-refractivity contribution in [3.8, 4) is 0 Å². The van der Waals surface area contributed by atoms with Gasteiger partial charge in [-0.1, -0.05) is 13.3 Å². The number of hydrazine groups is 1. The number of hydrogen-bond acceptors (Lipinski definition) is 5. The van der Waals surface area contributed by atoms with Crippen LogP contribution in [-0.4, -0.2) is 49.4 Å². The molecule has 1 aliphatic rings. The Bertz CT molecular complexity index is 522. The molecule has 120 valence electrons. The third-order valence-electron chi connectivity index (χ3n) is 3.47. The summed E-state index contributed by atoms with van der Waals surface area (Å²) in [5, 5.41) is 9.15.